The topological polar surface area (TPSA) is 7.76 Å². The summed E-state index contributed by atoms with van der Waals surface area (Å²) in [5.41, 5.74) is 5.41. The van der Waals surface area contributed by atoms with E-state index in [1.807, 2.05) is 12.1 Å². The molecule has 2 aromatic heterocycles. The molecule has 0 aliphatic carbocycles. The highest BCUT2D eigenvalue weighted by molar-refractivity contribution is 5.23. The van der Waals surface area contributed by atoms with Crippen molar-refractivity contribution in [3.8, 4) is 0 Å². The van der Waals surface area contributed by atoms with Crippen LogP contribution in [0.25, 0.3) is 0 Å². The minimum atomic E-state index is 0.967. The van der Waals surface area contributed by atoms with E-state index in [4.69, 9.17) is 0 Å². The monoisotopic (exact) mass is 504 g/mol. The van der Waals surface area contributed by atoms with Gasteiger partial charge in [-0.3, -0.25) is 0 Å². The standard InChI is InChI=1S/C36H44N2/c1(3-5-7-15-25-37-27-21-35(22-28-37)31-33-17-11-9-12-18-33)2-4-6-8-16-26-38-29-23-36(24-30-38)32-34-19-13-10-14-20-34/h9,11-13,17-24,27-30H,1-8,15-16,25-26,31-32H2/q+2. The summed E-state index contributed by atoms with van der Waals surface area (Å²) in [4.78, 5) is 0. The normalized spacial score (nSPS) is 10.8. The zero-order chi connectivity index (χ0) is 26.1. The van der Waals surface area contributed by atoms with Gasteiger partial charge in [-0.1, -0.05) is 81.0 Å². The average molecular weight is 505 g/mol. The van der Waals surface area contributed by atoms with Crippen LogP contribution < -0.4 is 9.13 Å². The fraction of sp³-hybridized carbons (Fsp3) is 0.389. The maximum Gasteiger partial charge on any atom is 0.169 e. The number of rotatable bonds is 17. The molecule has 0 N–H and O–H groups in total. The second kappa shape index (κ2) is 16.4. The first-order valence-electron chi connectivity index (χ1n) is 14.7. The molecule has 2 heteroatoms. The number of aromatic nitrogens is 2. The molecule has 2 aromatic carbocycles. The lowest BCUT2D eigenvalue weighted by molar-refractivity contribution is -0.697. The molecule has 0 radical (unpaired) electrons. The zero-order valence-corrected chi connectivity index (χ0v) is 23.0. The van der Waals surface area contributed by atoms with Crippen LogP contribution in [0.1, 0.15) is 86.5 Å². The summed E-state index contributed by atoms with van der Waals surface area (Å²) in [5.74, 6) is 0. The molecule has 0 saturated heterocycles. The van der Waals surface area contributed by atoms with Crippen molar-refractivity contribution < 1.29 is 9.13 Å². The second-order valence-electron chi connectivity index (χ2n) is 10.6. The molecule has 0 amide bonds. The number of unbranched alkanes of at least 4 members (excludes halogenated alkanes) is 9. The highest BCUT2D eigenvalue weighted by atomic mass is 14.9. The zero-order valence-electron chi connectivity index (χ0n) is 23.0. The fourth-order valence-corrected chi connectivity index (χ4v) is 5.07. The molecule has 0 fully saturated rings. The molecule has 196 valence electrons. The third-order valence-corrected chi connectivity index (χ3v) is 7.38. The van der Waals surface area contributed by atoms with Gasteiger partial charge < -0.3 is 0 Å². The first kappa shape index (κ1) is 27.6. The number of aryl methyl sites for hydroxylation is 2. The van der Waals surface area contributed by atoms with Crippen molar-refractivity contribution in [2.24, 2.45) is 0 Å². The minimum absolute atomic E-state index is 0.967. The summed E-state index contributed by atoms with van der Waals surface area (Å²) >= 11 is 0. The summed E-state index contributed by atoms with van der Waals surface area (Å²) in [6, 6.07) is 31.8. The Kier molecular flexibility index (Phi) is 11.9. The van der Waals surface area contributed by atoms with E-state index in [2.05, 4.69) is 107 Å². The van der Waals surface area contributed by atoms with E-state index in [0.29, 0.717) is 0 Å². The lowest BCUT2D eigenvalue weighted by atomic mass is 10.1. The van der Waals surface area contributed by atoms with Crippen LogP contribution in [0.2, 0.25) is 0 Å². The Labute approximate surface area is 231 Å². The first-order chi connectivity index (χ1) is 18.8. The van der Waals surface area contributed by atoms with Crippen LogP contribution in [0, 0.1) is 12.1 Å². The van der Waals surface area contributed by atoms with Gasteiger partial charge in [0, 0.05) is 37.1 Å². The number of hydrogen-bond acceptors (Lipinski definition) is 0. The van der Waals surface area contributed by atoms with Crippen molar-refractivity contribution in [2.75, 3.05) is 0 Å². The van der Waals surface area contributed by atoms with Crippen LogP contribution in [-0.2, 0) is 25.9 Å². The Morgan fingerprint density at radius 2 is 0.868 bits per heavy atom. The van der Waals surface area contributed by atoms with E-state index in [1.165, 1.54) is 86.5 Å². The Morgan fingerprint density at radius 3 is 1.34 bits per heavy atom. The van der Waals surface area contributed by atoms with E-state index in [9.17, 15) is 0 Å². The van der Waals surface area contributed by atoms with Crippen LogP contribution >= 0.6 is 0 Å². The van der Waals surface area contributed by atoms with Gasteiger partial charge in [-0.15, -0.1) is 0 Å². The Bertz CT molecular complexity index is 1040. The molecule has 0 aliphatic rings. The summed E-state index contributed by atoms with van der Waals surface area (Å²) in [7, 11) is 0. The number of pyridine rings is 2. The van der Waals surface area contributed by atoms with Crippen molar-refractivity contribution in [1.29, 1.82) is 0 Å². The van der Waals surface area contributed by atoms with E-state index >= 15 is 0 Å². The van der Waals surface area contributed by atoms with Gasteiger partial charge in [0.05, 0.1) is 0 Å². The highest BCUT2D eigenvalue weighted by Gasteiger charge is 2.04. The summed E-state index contributed by atoms with van der Waals surface area (Å²) in [5, 5.41) is 0. The molecule has 0 saturated carbocycles. The predicted molar refractivity (Wildman–Crippen MR) is 156 cm³/mol. The van der Waals surface area contributed by atoms with Crippen molar-refractivity contribution in [3.05, 3.63) is 132 Å². The largest absolute Gasteiger partial charge is 0.205 e. The second-order valence-corrected chi connectivity index (χ2v) is 10.6. The summed E-state index contributed by atoms with van der Waals surface area (Å²) < 4.78 is 4.66. The molecule has 0 bridgehead atoms. The molecule has 2 nitrogen and oxygen atoms in total. The van der Waals surface area contributed by atoms with Gasteiger partial charge in [-0.05, 0) is 66.1 Å². The van der Waals surface area contributed by atoms with Crippen molar-refractivity contribution in [3.63, 3.8) is 0 Å². The molecule has 2 heterocycles. The maximum atomic E-state index is 3.04. The smallest absolute Gasteiger partial charge is 0.169 e. The molecule has 0 spiro atoms. The molecule has 0 aliphatic heterocycles. The van der Waals surface area contributed by atoms with Crippen molar-refractivity contribution >= 4 is 0 Å². The van der Waals surface area contributed by atoms with Gasteiger partial charge in [-0.25, -0.2) is 9.13 Å². The van der Waals surface area contributed by atoms with Crippen LogP contribution in [0.4, 0.5) is 0 Å². The molecule has 0 atom stereocenters. The molecule has 0 unspecified atom stereocenters. The fourth-order valence-electron chi connectivity index (χ4n) is 5.07. The van der Waals surface area contributed by atoms with Gasteiger partial charge in [0.1, 0.15) is 13.1 Å². The van der Waals surface area contributed by atoms with Crippen molar-refractivity contribution in [1.82, 2.24) is 0 Å². The third kappa shape index (κ3) is 10.5. The van der Waals surface area contributed by atoms with E-state index < -0.39 is 0 Å². The van der Waals surface area contributed by atoms with Crippen molar-refractivity contribution in [2.45, 2.75) is 90.1 Å². The Balaban J connectivity index is 0.954. The van der Waals surface area contributed by atoms with Gasteiger partial charge in [0.2, 0.25) is 0 Å². The van der Waals surface area contributed by atoms with Crippen LogP contribution in [0.5, 0.6) is 0 Å². The number of nitrogens with zero attached hydrogens (tertiary/aromatic N) is 2. The van der Waals surface area contributed by atoms with Crippen LogP contribution in [-0.4, -0.2) is 0 Å². The SMILES string of the molecule is c1ccc(Cc2cc[n+](CCCCCCCCCCCC[n+]3ccc(Cc4ccccc4)cc3)cc2)cc#1. The predicted octanol–water partition coefficient (Wildman–Crippen LogP) is 7.64. The molecule has 4 rings (SSSR count). The lowest BCUT2D eigenvalue weighted by Gasteiger charge is -2.03. The summed E-state index contributed by atoms with van der Waals surface area (Å²) in [6.07, 6.45) is 24.5. The summed E-state index contributed by atoms with van der Waals surface area (Å²) in [6.45, 7) is 2.26. The van der Waals surface area contributed by atoms with E-state index in [1.54, 1.807) is 0 Å². The highest BCUT2D eigenvalue weighted by Crippen LogP contribution is 2.12. The first-order valence-corrected chi connectivity index (χ1v) is 14.7. The van der Waals surface area contributed by atoms with Crippen LogP contribution in [0.15, 0.2) is 97.6 Å². The number of benzene rings is 1. The van der Waals surface area contributed by atoms with E-state index in [0.717, 1.165) is 25.9 Å². The third-order valence-electron chi connectivity index (χ3n) is 7.38. The molecular weight excluding hydrogens is 460 g/mol. The molecular formula is C36H44N2+2. The van der Waals surface area contributed by atoms with Gasteiger partial charge in [0.25, 0.3) is 0 Å². The lowest BCUT2D eigenvalue weighted by Crippen LogP contribution is -2.32. The average Bonchev–Trinajstić information content (AvgIpc) is 2.96. The van der Waals surface area contributed by atoms with Crippen LogP contribution in [0.3, 0.4) is 0 Å². The molecule has 4 aromatic rings. The quantitative estimate of drug-likeness (QED) is 0.103. The molecule has 38 heavy (non-hydrogen) atoms. The Morgan fingerprint density at radius 1 is 0.421 bits per heavy atom. The Hall–Kier alpha value is -3.44. The van der Waals surface area contributed by atoms with Gasteiger partial charge >= 0.3 is 0 Å². The number of hydrogen-bond donors (Lipinski definition) is 0. The maximum absolute atomic E-state index is 3.04. The van der Waals surface area contributed by atoms with E-state index in [-0.39, 0.29) is 0 Å². The minimum Gasteiger partial charge on any atom is -0.205 e. The van der Waals surface area contributed by atoms with Gasteiger partial charge in [0.15, 0.2) is 24.8 Å². The van der Waals surface area contributed by atoms with Gasteiger partial charge in [-0.2, -0.15) is 0 Å².